The van der Waals surface area contributed by atoms with E-state index in [0.29, 0.717) is 23.3 Å². The van der Waals surface area contributed by atoms with Gasteiger partial charge in [-0.05, 0) is 17.7 Å². The summed E-state index contributed by atoms with van der Waals surface area (Å²) >= 11 is 0. The number of hydrogen-bond donors (Lipinski definition) is 1. The number of aryl methyl sites for hydroxylation is 1. The molecule has 0 radical (unpaired) electrons. The van der Waals surface area contributed by atoms with Crippen LogP contribution in [0.1, 0.15) is 5.56 Å². The van der Waals surface area contributed by atoms with E-state index in [1.54, 1.807) is 13.1 Å². The van der Waals surface area contributed by atoms with Crippen molar-refractivity contribution in [3.05, 3.63) is 46.7 Å². The van der Waals surface area contributed by atoms with E-state index in [2.05, 4.69) is 10.4 Å². The van der Waals surface area contributed by atoms with Crippen molar-refractivity contribution in [1.82, 2.24) is 14.3 Å². The number of aromatic nitrogens is 3. The molecule has 0 unspecified atom stereocenters. The first-order valence-electron chi connectivity index (χ1n) is 6.66. The smallest absolute Gasteiger partial charge is 0.408 e. The molecule has 2 aromatic heterocycles. The summed E-state index contributed by atoms with van der Waals surface area (Å²) < 4.78 is 32.2. The normalized spacial score (nSPS) is 11.5. The molecule has 22 heavy (non-hydrogen) atoms. The van der Waals surface area contributed by atoms with E-state index >= 15 is 0 Å². The van der Waals surface area contributed by atoms with Crippen molar-refractivity contribution in [3.63, 3.8) is 0 Å². The lowest BCUT2D eigenvalue weighted by Crippen LogP contribution is -2.08. The highest BCUT2D eigenvalue weighted by Gasteiger charge is 2.08. The van der Waals surface area contributed by atoms with Crippen LogP contribution in [0.25, 0.3) is 11.1 Å². The number of benzene rings is 1. The predicted molar refractivity (Wildman–Crippen MR) is 77.0 cm³/mol. The number of halogens is 2. The third-order valence-electron chi connectivity index (χ3n) is 3.31. The molecule has 8 heteroatoms. The van der Waals surface area contributed by atoms with Gasteiger partial charge in [-0.1, -0.05) is 6.07 Å². The minimum Gasteiger partial charge on any atom is -0.408 e. The van der Waals surface area contributed by atoms with Crippen LogP contribution in [0.5, 0.6) is 0 Å². The molecule has 3 aromatic rings. The van der Waals surface area contributed by atoms with Gasteiger partial charge in [-0.15, -0.1) is 0 Å². The van der Waals surface area contributed by atoms with Gasteiger partial charge in [-0.2, -0.15) is 5.10 Å². The second-order valence-corrected chi connectivity index (χ2v) is 4.92. The maximum absolute atomic E-state index is 12.3. The Morgan fingerprint density at radius 2 is 2.23 bits per heavy atom. The van der Waals surface area contributed by atoms with E-state index in [4.69, 9.17) is 4.42 Å². The van der Waals surface area contributed by atoms with Crippen LogP contribution in [0, 0.1) is 0 Å². The van der Waals surface area contributed by atoms with Crippen LogP contribution >= 0.6 is 0 Å². The van der Waals surface area contributed by atoms with Crippen molar-refractivity contribution in [2.45, 2.75) is 19.5 Å². The molecule has 0 saturated carbocycles. The molecule has 2 heterocycles. The summed E-state index contributed by atoms with van der Waals surface area (Å²) in [5.74, 6) is -0.409. The third-order valence-corrected chi connectivity index (χ3v) is 3.31. The summed E-state index contributed by atoms with van der Waals surface area (Å²) in [5, 5.41) is 6.95. The van der Waals surface area contributed by atoms with Gasteiger partial charge in [0.05, 0.1) is 17.4 Å². The second-order valence-electron chi connectivity index (χ2n) is 4.92. The largest absolute Gasteiger partial charge is 0.419 e. The maximum Gasteiger partial charge on any atom is 0.419 e. The first-order valence-corrected chi connectivity index (χ1v) is 6.66. The minimum absolute atomic E-state index is 0.409. The summed E-state index contributed by atoms with van der Waals surface area (Å²) in [7, 11) is 1.64. The molecule has 0 saturated heterocycles. The first kappa shape index (κ1) is 14.3. The number of nitrogens with one attached hydrogen (secondary N) is 1. The molecule has 0 spiro atoms. The second kappa shape index (κ2) is 5.63. The molecular formula is C14H14F2N4O2. The number of rotatable bonds is 5. The number of oxazole rings is 1. The summed E-state index contributed by atoms with van der Waals surface area (Å²) in [5.41, 5.74) is 2.83. The zero-order valence-corrected chi connectivity index (χ0v) is 11.8. The summed E-state index contributed by atoms with van der Waals surface area (Å²) in [6.07, 6.45) is 0.588. The van der Waals surface area contributed by atoms with Gasteiger partial charge < -0.3 is 9.73 Å². The molecule has 0 amide bonds. The van der Waals surface area contributed by atoms with E-state index in [0.717, 1.165) is 5.56 Å². The van der Waals surface area contributed by atoms with E-state index in [1.807, 2.05) is 12.1 Å². The third kappa shape index (κ3) is 2.85. The Kier molecular flexibility index (Phi) is 3.66. The average molecular weight is 308 g/mol. The van der Waals surface area contributed by atoms with Crippen LogP contribution in [0.4, 0.5) is 14.5 Å². The molecule has 3 rings (SSSR count). The Balaban J connectivity index is 1.72. The first-order chi connectivity index (χ1) is 10.5. The lowest BCUT2D eigenvalue weighted by atomic mass is 10.2. The zero-order chi connectivity index (χ0) is 15.7. The van der Waals surface area contributed by atoms with Crippen molar-refractivity contribution < 1.29 is 13.2 Å². The Bertz CT molecular complexity index is 850. The fraction of sp³-hybridized carbons (Fsp3) is 0.286. The van der Waals surface area contributed by atoms with Crippen molar-refractivity contribution in [2.75, 3.05) is 5.32 Å². The van der Waals surface area contributed by atoms with Crippen LogP contribution in [0.2, 0.25) is 0 Å². The van der Waals surface area contributed by atoms with Crippen LogP contribution in [0.3, 0.4) is 0 Å². The molecule has 116 valence electrons. The molecule has 6 nitrogen and oxygen atoms in total. The van der Waals surface area contributed by atoms with Gasteiger partial charge in [0.1, 0.15) is 6.54 Å². The van der Waals surface area contributed by atoms with Crippen molar-refractivity contribution in [2.24, 2.45) is 7.05 Å². The van der Waals surface area contributed by atoms with Crippen LogP contribution in [-0.2, 0) is 20.1 Å². The maximum atomic E-state index is 12.3. The van der Waals surface area contributed by atoms with Gasteiger partial charge in [0.15, 0.2) is 5.58 Å². The predicted octanol–water partition coefficient (Wildman–Crippen LogP) is 2.21. The quantitative estimate of drug-likeness (QED) is 0.785. The fourth-order valence-electron chi connectivity index (χ4n) is 2.18. The number of fused-ring (bicyclic) bond motifs is 1. The molecule has 0 aliphatic rings. The summed E-state index contributed by atoms with van der Waals surface area (Å²) in [6.45, 7) is 0.0560. The Morgan fingerprint density at radius 3 is 3.00 bits per heavy atom. The van der Waals surface area contributed by atoms with E-state index in [1.165, 1.54) is 21.6 Å². The van der Waals surface area contributed by atoms with Crippen LogP contribution < -0.4 is 11.1 Å². The monoisotopic (exact) mass is 308 g/mol. The molecule has 1 aromatic carbocycles. The molecule has 0 bridgehead atoms. The Hall–Kier alpha value is -2.64. The molecule has 0 aliphatic heterocycles. The van der Waals surface area contributed by atoms with Crippen LogP contribution in [-0.4, -0.2) is 20.8 Å². The molecule has 0 fully saturated rings. The SMILES string of the molecule is Cn1c(=O)oc2ccc(CNc3cnn(CC(F)F)c3)cc21. The number of nitrogens with zero attached hydrogens (tertiary/aromatic N) is 3. The Morgan fingerprint density at radius 1 is 1.41 bits per heavy atom. The lowest BCUT2D eigenvalue weighted by Gasteiger charge is -2.04. The highest BCUT2D eigenvalue weighted by molar-refractivity contribution is 5.73. The van der Waals surface area contributed by atoms with Crippen molar-refractivity contribution in [1.29, 1.82) is 0 Å². The van der Waals surface area contributed by atoms with Crippen molar-refractivity contribution >= 4 is 16.8 Å². The summed E-state index contributed by atoms with van der Waals surface area (Å²) in [6, 6.07) is 5.41. The van der Waals surface area contributed by atoms with Crippen molar-refractivity contribution in [3.8, 4) is 0 Å². The average Bonchev–Trinajstić information content (AvgIpc) is 3.02. The zero-order valence-electron chi connectivity index (χ0n) is 11.8. The highest BCUT2D eigenvalue weighted by atomic mass is 19.3. The number of hydrogen-bond acceptors (Lipinski definition) is 4. The summed E-state index contributed by atoms with van der Waals surface area (Å²) in [4.78, 5) is 11.4. The molecule has 0 aliphatic carbocycles. The van der Waals surface area contributed by atoms with E-state index < -0.39 is 18.7 Å². The van der Waals surface area contributed by atoms with Gasteiger partial charge in [0.2, 0.25) is 0 Å². The van der Waals surface area contributed by atoms with Gasteiger partial charge in [-0.25, -0.2) is 13.6 Å². The van der Waals surface area contributed by atoms with Gasteiger partial charge in [0.25, 0.3) is 6.43 Å². The minimum atomic E-state index is -2.43. The van der Waals surface area contributed by atoms with E-state index in [-0.39, 0.29) is 0 Å². The number of alkyl halides is 2. The standard InChI is InChI=1S/C14H14F2N4O2/c1-19-11-4-9(2-3-12(11)22-14(19)21)5-17-10-6-18-20(7-10)8-13(15)16/h2-4,6-7,13,17H,5,8H2,1H3. The van der Waals surface area contributed by atoms with Gasteiger partial charge >= 0.3 is 5.76 Å². The topological polar surface area (TPSA) is 65.0 Å². The fourth-order valence-corrected chi connectivity index (χ4v) is 2.18. The van der Waals surface area contributed by atoms with Gasteiger partial charge in [-0.3, -0.25) is 9.25 Å². The van der Waals surface area contributed by atoms with Crippen LogP contribution in [0.15, 0.2) is 39.8 Å². The highest BCUT2D eigenvalue weighted by Crippen LogP contribution is 2.16. The van der Waals surface area contributed by atoms with Gasteiger partial charge in [0, 0.05) is 19.8 Å². The molecule has 0 atom stereocenters. The van der Waals surface area contributed by atoms with E-state index in [9.17, 15) is 13.6 Å². The number of anilines is 1. The Labute approximate surface area is 124 Å². The molecule has 1 N–H and O–H groups in total. The molecular weight excluding hydrogens is 294 g/mol. The lowest BCUT2D eigenvalue weighted by molar-refractivity contribution is 0.122.